The Kier molecular flexibility index (Phi) is 5.64. The first-order chi connectivity index (χ1) is 15.0. The third-order valence-corrected chi connectivity index (χ3v) is 5.09. The van der Waals surface area contributed by atoms with Gasteiger partial charge < -0.3 is 14.4 Å². The van der Waals surface area contributed by atoms with Crippen LogP contribution >= 0.6 is 0 Å². The van der Waals surface area contributed by atoms with Gasteiger partial charge in [0.2, 0.25) is 5.65 Å². The predicted molar refractivity (Wildman–Crippen MR) is 124 cm³/mol. The molecule has 4 aromatic rings. The molecule has 0 bridgehead atoms. The third-order valence-electron chi connectivity index (χ3n) is 5.09. The Hall–Kier alpha value is -3.78. The Morgan fingerprint density at radius 1 is 1.06 bits per heavy atom. The Morgan fingerprint density at radius 2 is 1.74 bits per heavy atom. The molecule has 3 heterocycles. The van der Waals surface area contributed by atoms with Gasteiger partial charge in [0.05, 0.1) is 5.69 Å². The van der Waals surface area contributed by atoms with E-state index in [1.54, 1.807) is 6.07 Å². The molecule has 0 aliphatic carbocycles. The second-order valence-corrected chi connectivity index (χ2v) is 7.68. The first-order valence-electron chi connectivity index (χ1n) is 10.4. The number of rotatable bonds is 2. The lowest BCUT2D eigenvalue weighted by molar-refractivity contribution is 0.476. The van der Waals surface area contributed by atoms with E-state index >= 15 is 0 Å². The van der Waals surface area contributed by atoms with E-state index in [9.17, 15) is 5.11 Å². The molecule has 0 amide bonds. The first-order valence-corrected chi connectivity index (χ1v) is 10.4. The van der Waals surface area contributed by atoms with Crippen LogP contribution < -0.4 is 4.90 Å². The second-order valence-electron chi connectivity index (χ2n) is 7.68. The minimum Gasteiger partial charge on any atom is -0.507 e. The van der Waals surface area contributed by atoms with Crippen molar-refractivity contribution in [3.8, 4) is 29.4 Å². The van der Waals surface area contributed by atoms with Crippen LogP contribution in [0.2, 0.25) is 0 Å². The number of fused-ring (bicyclic) bond motifs is 2. The molecule has 0 spiro atoms. The summed E-state index contributed by atoms with van der Waals surface area (Å²) in [6.45, 7) is 7.68. The summed E-state index contributed by atoms with van der Waals surface area (Å²) in [5.41, 5.74) is 6.49. The van der Waals surface area contributed by atoms with Crippen LogP contribution in [0.1, 0.15) is 42.5 Å². The van der Waals surface area contributed by atoms with Gasteiger partial charge in [-0.05, 0) is 47.9 Å². The number of hydrogen-bond acceptors (Lipinski definition) is 5. The third kappa shape index (κ3) is 3.97. The standard InChI is InChI=1S/C23H17N3O2.C3H8/c1-3-15-10-14(2)21(19(27)11-15)18-8-9-20-22(24-18)25-23(28-20)26-12-16-6-4-5-7-17(16)13-26;1-3-2/h1,4-11,27H,12-13H2,2H3;3H2,1-2H3. The maximum atomic E-state index is 10.4. The molecule has 0 saturated heterocycles. The summed E-state index contributed by atoms with van der Waals surface area (Å²) in [7, 11) is 0. The number of terminal acetylenes is 1. The van der Waals surface area contributed by atoms with E-state index < -0.39 is 0 Å². The Labute approximate surface area is 182 Å². The Balaban J connectivity index is 0.000000730. The summed E-state index contributed by atoms with van der Waals surface area (Å²) < 4.78 is 5.93. The highest BCUT2D eigenvalue weighted by Crippen LogP contribution is 2.35. The van der Waals surface area contributed by atoms with Gasteiger partial charge in [-0.3, -0.25) is 0 Å². The SMILES string of the molecule is C#Cc1cc(C)c(-c2ccc3oc(N4Cc5ccccc5C4)nc3n2)c(O)c1.CCC. The van der Waals surface area contributed by atoms with Gasteiger partial charge in [-0.25, -0.2) is 4.98 Å². The van der Waals surface area contributed by atoms with E-state index in [-0.39, 0.29) is 5.75 Å². The number of aromatic hydroxyl groups is 1. The van der Waals surface area contributed by atoms with Gasteiger partial charge in [0, 0.05) is 24.2 Å². The summed E-state index contributed by atoms with van der Waals surface area (Å²) in [5, 5.41) is 10.4. The molecule has 0 fully saturated rings. The monoisotopic (exact) mass is 411 g/mol. The molecule has 0 saturated carbocycles. The molecule has 5 nitrogen and oxygen atoms in total. The number of pyridine rings is 1. The molecule has 156 valence electrons. The molecule has 0 radical (unpaired) electrons. The molecule has 0 unspecified atom stereocenters. The topological polar surface area (TPSA) is 62.4 Å². The highest BCUT2D eigenvalue weighted by atomic mass is 16.4. The van der Waals surface area contributed by atoms with E-state index in [1.165, 1.54) is 17.5 Å². The maximum absolute atomic E-state index is 10.4. The molecule has 1 aliphatic rings. The van der Waals surface area contributed by atoms with Crippen molar-refractivity contribution in [3.05, 3.63) is 70.8 Å². The normalized spacial score (nSPS) is 12.3. The second kappa shape index (κ2) is 8.53. The first kappa shape index (κ1) is 20.5. The van der Waals surface area contributed by atoms with Gasteiger partial charge in [0.1, 0.15) is 5.75 Å². The average Bonchev–Trinajstić information content (AvgIpc) is 3.37. The Morgan fingerprint density at radius 3 is 2.35 bits per heavy atom. The zero-order chi connectivity index (χ0) is 22.0. The van der Waals surface area contributed by atoms with Crippen molar-refractivity contribution in [1.82, 2.24) is 9.97 Å². The molecule has 0 atom stereocenters. The molecule has 2 aromatic heterocycles. The zero-order valence-electron chi connectivity index (χ0n) is 18.0. The molecule has 5 rings (SSSR count). The van der Waals surface area contributed by atoms with E-state index in [2.05, 4.69) is 46.8 Å². The molecular formula is C26H25N3O2. The number of nitrogens with zero attached hydrogens (tertiary/aromatic N) is 3. The molecular weight excluding hydrogens is 386 g/mol. The maximum Gasteiger partial charge on any atom is 0.300 e. The van der Waals surface area contributed by atoms with Gasteiger partial charge in [-0.1, -0.05) is 50.5 Å². The van der Waals surface area contributed by atoms with E-state index in [1.807, 2.05) is 37.3 Å². The number of aryl methyl sites for hydroxylation is 1. The highest BCUT2D eigenvalue weighted by molar-refractivity contribution is 5.79. The van der Waals surface area contributed by atoms with Crippen LogP contribution in [0.25, 0.3) is 22.5 Å². The van der Waals surface area contributed by atoms with Crippen molar-refractivity contribution in [2.45, 2.75) is 40.3 Å². The number of phenols is 1. The smallest absolute Gasteiger partial charge is 0.300 e. The quantitative estimate of drug-likeness (QED) is 0.421. The fourth-order valence-electron chi connectivity index (χ4n) is 3.74. The predicted octanol–water partition coefficient (Wildman–Crippen LogP) is 5.82. The van der Waals surface area contributed by atoms with Crippen molar-refractivity contribution in [1.29, 1.82) is 0 Å². The lowest BCUT2D eigenvalue weighted by Gasteiger charge is -2.10. The summed E-state index contributed by atoms with van der Waals surface area (Å²) >= 11 is 0. The van der Waals surface area contributed by atoms with E-state index in [0.717, 1.165) is 18.7 Å². The van der Waals surface area contributed by atoms with Crippen LogP contribution in [0.3, 0.4) is 0 Å². The van der Waals surface area contributed by atoms with Crippen LogP contribution in [0, 0.1) is 19.3 Å². The lowest BCUT2D eigenvalue weighted by atomic mass is 10.0. The van der Waals surface area contributed by atoms with Crippen LogP contribution in [0.4, 0.5) is 6.01 Å². The van der Waals surface area contributed by atoms with Crippen LogP contribution in [-0.4, -0.2) is 15.1 Å². The molecule has 5 heteroatoms. The summed E-state index contributed by atoms with van der Waals surface area (Å²) in [6.07, 6.45) is 6.69. The zero-order valence-corrected chi connectivity index (χ0v) is 18.0. The van der Waals surface area contributed by atoms with Crippen molar-refractivity contribution in [2.24, 2.45) is 0 Å². The number of phenolic OH excluding ortho intramolecular Hbond substituents is 1. The minimum atomic E-state index is 0.110. The largest absolute Gasteiger partial charge is 0.507 e. The number of benzene rings is 2. The molecule has 31 heavy (non-hydrogen) atoms. The fraction of sp³-hybridized carbons (Fsp3) is 0.231. The molecule has 1 aliphatic heterocycles. The van der Waals surface area contributed by atoms with Crippen molar-refractivity contribution >= 4 is 17.2 Å². The number of anilines is 1. The van der Waals surface area contributed by atoms with Gasteiger partial charge in [-0.15, -0.1) is 6.42 Å². The molecule has 2 aromatic carbocycles. The summed E-state index contributed by atoms with van der Waals surface area (Å²) in [5.74, 6) is 2.66. The fourth-order valence-corrected chi connectivity index (χ4v) is 3.74. The van der Waals surface area contributed by atoms with Gasteiger partial charge in [-0.2, -0.15) is 4.98 Å². The van der Waals surface area contributed by atoms with Crippen molar-refractivity contribution in [3.63, 3.8) is 0 Å². The van der Waals surface area contributed by atoms with Gasteiger partial charge >= 0.3 is 6.01 Å². The number of oxazole rings is 1. The summed E-state index contributed by atoms with van der Waals surface area (Å²) in [6, 6.07) is 16.0. The Bertz CT molecular complexity index is 1240. The number of aromatic nitrogens is 2. The highest BCUT2D eigenvalue weighted by Gasteiger charge is 2.23. The summed E-state index contributed by atoms with van der Waals surface area (Å²) in [4.78, 5) is 11.3. The van der Waals surface area contributed by atoms with Gasteiger partial charge in [0.15, 0.2) is 5.58 Å². The van der Waals surface area contributed by atoms with Crippen molar-refractivity contribution in [2.75, 3.05) is 4.90 Å². The van der Waals surface area contributed by atoms with Crippen LogP contribution in [0.15, 0.2) is 52.9 Å². The van der Waals surface area contributed by atoms with E-state index in [0.29, 0.717) is 34.1 Å². The van der Waals surface area contributed by atoms with Gasteiger partial charge in [0.25, 0.3) is 0 Å². The lowest BCUT2D eigenvalue weighted by Crippen LogP contribution is -2.14. The van der Waals surface area contributed by atoms with Crippen LogP contribution in [0.5, 0.6) is 5.75 Å². The van der Waals surface area contributed by atoms with E-state index in [4.69, 9.17) is 10.8 Å². The van der Waals surface area contributed by atoms with Crippen molar-refractivity contribution < 1.29 is 9.52 Å². The average molecular weight is 412 g/mol. The minimum absolute atomic E-state index is 0.110. The van der Waals surface area contributed by atoms with Crippen LogP contribution in [-0.2, 0) is 13.1 Å². The molecule has 1 N–H and O–H groups in total. The number of hydrogen-bond donors (Lipinski definition) is 1.